The fourth-order valence-electron chi connectivity index (χ4n) is 2.57. The van der Waals surface area contributed by atoms with E-state index in [4.69, 9.17) is 0 Å². The molecule has 142 valence electrons. The van der Waals surface area contributed by atoms with E-state index in [1.165, 1.54) is 11.8 Å². The second-order valence-corrected chi connectivity index (χ2v) is 7.15. The topological polar surface area (TPSA) is 58.4 Å². The summed E-state index contributed by atoms with van der Waals surface area (Å²) in [6.45, 7) is 0.844. The summed E-state index contributed by atoms with van der Waals surface area (Å²) in [6.07, 6.45) is 0. The highest BCUT2D eigenvalue weighted by atomic mass is 35.5. The first kappa shape index (κ1) is 21.0. The third-order valence-corrected chi connectivity index (χ3v) is 4.80. The van der Waals surface area contributed by atoms with E-state index in [-0.39, 0.29) is 29.4 Å². The summed E-state index contributed by atoms with van der Waals surface area (Å²) in [4.78, 5) is 19.7. The van der Waals surface area contributed by atoms with Gasteiger partial charge >= 0.3 is 0 Å². The second kappa shape index (κ2) is 9.60. The molecule has 7 heteroatoms. The molecule has 3 aromatic rings. The molecule has 0 atom stereocenters. The molecule has 0 unspecified atom stereocenters. The number of benzene rings is 2. The molecule has 2 aromatic carbocycles. The summed E-state index contributed by atoms with van der Waals surface area (Å²) in [7, 11) is 3.99. The van der Waals surface area contributed by atoms with Crippen LogP contribution in [-0.2, 0) is 0 Å². The molecule has 1 heterocycles. The van der Waals surface area contributed by atoms with E-state index < -0.39 is 0 Å². The molecular formula is C20H22ClN3O2S. The Morgan fingerprint density at radius 2 is 1.63 bits per heavy atom. The van der Waals surface area contributed by atoms with Crippen LogP contribution in [0.25, 0.3) is 16.8 Å². The molecule has 0 aliphatic heterocycles. The summed E-state index contributed by atoms with van der Waals surface area (Å²) in [5, 5.41) is 10.9. The maximum atomic E-state index is 13.2. The molecular weight excluding hydrogens is 382 g/mol. The van der Waals surface area contributed by atoms with Gasteiger partial charge in [-0.05, 0) is 31.8 Å². The Balaban J connectivity index is 0.00000261. The van der Waals surface area contributed by atoms with Crippen LogP contribution < -0.4 is 5.56 Å². The molecule has 27 heavy (non-hydrogen) atoms. The van der Waals surface area contributed by atoms with Gasteiger partial charge in [-0.2, -0.15) is 4.98 Å². The van der Waals surface area contributed by atoms with Crippen LogP contribution in [0.3, 0.4) is 0 Å². The molecule has 3 rings (SSSR count). The van der Waals surface area contributed by atoms with Crippen LogP contribution in [0.15, 0.2) is 70.6 Å². The predicted octanol–water partition coefficient (Wildman–Crippen LogP) is 3.68. The summed E-state index contributed by atoms with van der Waals surface area (Å²) < 4.78 is 1.57. The maximum absolute atomic E-state index is 13.2. The number of thioether (sulfide) groups is 1. The molecule has 0 fully saturated rings. The van der Waals surface area contributed by atoms with Gasteiger partial charge in [0, 0.05) is 12.3 Å². The van der Waals surface area contributed by atoms with Gasteiger partial charge in [0.1, 0.15) is 5.56 Å². The quantitative estimate of drug-likeness (QED) is 0.502. The van der Waals surface area contributed by atoms with Crippen molar-refractivity contribution in [2.24, 2.45) is 0 Å². The minimum Gasteiger partial charge on any atom is -0.493 e. The predicted molar refractivity (Wildman–Crippen MR) is 113 cm³/mol. The van der Waals surface area contributed by atoms with Crippen molar-refractivity contribution >= 4 is 24.2 Å². The van der Waals surface area contributed by atoms with Gasteiger partial charge in [-0.1, -0.05) is 60.3 Å². The summed E-state index contributed by atoms with van der Waals surface area (Å²) in [5.74, 6) is 0.525. The van der Waals surface area contributed by atoms with E-state index in [0.29, 0.717) is 10.7 Å². The average molecular weight is 404 g/mol. The van der Waals surface area contributed by atoms with Gasteiger partial charge in [-0.15, -0.1) is 12.4 Å². The molecule has 1 aromatic heterocycles. The molecule has 1 N–H and O–H groups in total. The van der Waals surface area contributed by atoms with Gasteiger partial charge < -0.3 is 10.0 Å². The zero-order chi connectivity index (χ0) is 18.5. The monoisotopic (exact) mass is 403 g/mol. The lowest BCUT2D eigenvalue weighted by molar-refractivity contribution is 0.436. The van der Waals surface area contributed by atoms with E-state index in [0.717, 1.165) is 18.0 Å². The fraction of sp³-hybridized carbons (Fsp3) is 0.200. The number of para-hydroxylation sites is 1. The Labute approximate surface area is 169 Å². The SMILES string of the molecule is CN(C)CCSc1nc(O)c(-c2ccccc2)c(=O)n1-c1ccccc1.Cl. The van der Waals surface area contributed by atoms with Crippen molar-refractivity contribution in [3.8, 4) is 22.7 Å². The highest BCUT2D eigenvalue weighted by Crippen LogP contribution is 2.28. The van der Waals surface area contributed by atoms with Crippen LogP contribution in [0.2, 0.25) is 0 Å². The van der Waals surface area contributed by atoms with E-state index in [1.54, 1.807) is 16.7 Å². The van der Waals surface area contributed by atoms with Crippen molar-refractivity contribution in [1.82, 2.24) is 14.5 Å². The fourth-order valence-corrected chi connectivity index (χ4v) is 3.68. The number of halogens is 1. The molecule has 0 aliphatic carbocycles. The van der Waals surface area contributed by atoms with Gasteiger partial charge in [-0.3, -0.25) is 9.36 Å². The van der Waals surface area contributed by atoms with Crippen LogP contribution in [0, 0.1) is 0 Å². The first-order valence-electron chi connectivity index (χ1n) is 8.32. The van der Waals surface area contributed by atoms with Gasteiger partial charge in [-0.25, -0.2) is 0 Å². The lowest BCUT2D eigenvalue weighted by atomic mass is 10.1. The first-order chi connectivity index (χ1) is 12.6. The molecule has 0 saturated carbocycles. The zero-order valence-electron chi connectivity index (χ0n) is 15.2. The van der Waals surface area contributed by atoms with Gasteiger partial charge in [0.2, 0.25) is 5.88 Å². The highest BCUT2D eigenvalue weighted by Gasteiger charge is 2.19. The Morgan fingerprint density at radius 1 is 1.04 bits per heavy atom. The van der Waals surface area contributed by atoms with E-state index in [9.17, 15) is 9.90 Å². The normalized spacial score (nSPS) is 10.6. The largest absolute Gasteiger partial charge is 0.493 e. The summed E-state index contributed by atoms with van der Waals surface area (Å²) in [5.41, 5.74) is 1.32. The Bertz CT molecular complexity index is 931. The second-order valence-electron chi connectivity index (χ2n) is 6.09. The number of nitrogens with zero attached hydrogens (tertiary/aromatic N) is 3. The van der Waals surface area contributed by atoms with E-state index in [1.807, 2.05) is 62.6 Å². The molecule has 0 amide bonds. The number of hydrogen-bond donors (Lipinski definition) is 1. The Kier molecular flexibility index (Phi) is 7.47. The number of rotatable bonds is 6. The van der Waals surface area contributed by atoms with Crippen molar-refractivity contribution in [3.05, 3.63) is 71.0 Å². The smallest absolute Gasteiger partial charge is 0.270 e. The average Bonchev–Trinajstić information content (AvgIpc) is 2.63. The van der Waals surface area contributed by atoms with Crippen molar-refractivity contribution < 1.29 is 5.11 Å². The number of aromatic nitrogens is 2. The molecule has 0 spiro atoms. The molecule has 5 nitrogen and oxygen atoms in total. The minimum atomic E-state index is -0.276. The molecule has 0 saturated heterocycles. The third-order valence-electron chi connectivity index (χ3n) is 3.88. The molecule has 0 bridgehead atoms. The van der Waals surface area contributed by atoms with Gasteiger partial charge in [0.25, 0.3) is 5.56 Å². The lowest BCUT2D eigenvalue weighted by Crippen LogP contribution is -2.24. The highest BCUT2D eigenvalue weighted by molar-refractivity contribution is 7.99. The third kappa shape index (κ3) is 4.91. The van der Waals surface area contributed by atoms with Crippen molar-refractivity contribution in [1.29, 1.82) is 0 Å². The number of aromatic hydroxyl groups is 1. The summed E-state index contributed by atoms with van der Waals surface area (Å²) in [6, 6.07) is 18.5. The first-order valence-corrected chi connectivity index (χ1v) is 9.31. The molecule has 0 aliphatic rings. The van der Waals surface area contributed by atoms with Gasteiger partial charge in [0.15, 0.2) is 5.16 Å². The van der Waals surface area contributed by atoms with Crippen LogP contribution >= 0.6 is 24.2 Å². The van der Waals surface area contributed by atoms with Crippen molar-refractivity contribution in [3.63, 3.8) is 0 Å². The van der Waals surface area contributed by atoms with Crippen molar-refractivity contribution in [2.45, 2.75) is 5.16 Å². The van der Waals surface area contributed by atoms with Crippen LogP contribution in [0.1, 0.15) is 0 Å². The van der Waals surface area contributed by atoms with E-state index in [2.05, 4.69) is 9.88 Å². The standard InChI is InChI=1S/C20H21N3O2S.ClH/c1-22(2)13-14-26-20-21-18(24)17(15-9-5-3-6-10-15)19(25)23(20)16-11-7-4-8-12-16;/h3-12,24H,13-14H2,1-2H3;1H. The van der Waals surface area contributed by atoms with Crippen LogP contribution in [-0.4, -0.2) is 46.0 Å². The van der Waals surface area contributed by atoms with Crippen molar-refractivity contribution in [2.75, 3.05) is 26.4 Å². The maximum Gasteiger partial charge on any atom is 0.270 e. The van der Waals surface area contributed by atoms with Crippen LogP contribution in [0.5, 0.6) is 5.88 Å². The zero-order valence-corrected chi connectivity index (χ0v) is 16.8. The Morgan fingerprint density at radius 3 is 2.22 bits per heavy atom. The Hall–Kier alpha value is -2.28. The summed E-state index contributed by atoms with van der Waals surface area (Å²) >= 11 is 1.45. The van der Waals surface area contributed by atoms with E-state index >= 15 is 0 Å². The number of hydrogen-bond acceptors (Lipinski definition) is 5. The lowest BCUT2D eigenvalue weighted by Gasteiger charge is -2.15. The molecule has 0 radical (unpaired) electrons. The minimum absolute atomic E-state index is 0. The van der Waals surface area contributed by atoms with Gasteiger partial charge in [0.05, 0.1) is 5.69 Å². The van der Waals surface area contributed by atoms with Crippen LogP contribution in [0.4, 0.5) is 0 Å².